The summed E-state index contributed by atoms with van der Waals surface area (Å²) in [5, 5.41) is 15.6. The molecule has 0 bridgehead atoms. The van der Waals surface area contributed by atoms with Crippen LogP contribution in [0, 0.1) is 11.8 Å². The van der Waals surface area contributed by atoms with Gasteiger partial charge in [0.1, 0.15) is 23.5 Å². The fourth-order valence-electron chi connectivity index (χ4n) is 4.44. The van der Waals surface area contributed by atoms with Crippen LogP contribution in [0.25, 0.3) is 11.5 Å². The number of fused-ring (bicyclic) bond motifs is 1. The van der Waals surface area contributed by atoms with Crippen LogP contribution in [-0.2, 0) is 17.9 Å². The van der Waals surface area contributed by atoms with Gasteiger partial charge in [-0.1, -0.05) is 59.4 Å². The third-order valence-electron chi connectivity index (χ3n) is 7.17. The van der Waals surface area contributed by atoms with Gasteiger partial charge >= 0.3 is 0 Å². The number of amides is 2. The van der Waals surface area contributed by atoms with Gasteiger partial charge in [0, 0.05) is 13.1 Å². The number of nitrogens with zero attached hydrogens (tertiary/aromatic N) is 7. The molecule has 38 heavy (non-hydrogen) atoms. The third-order valence-corrected chi connectivity index (χ3v) is 7.17. The maximum atomic E-state index is 12.9. The molecular formula is C27H36N8O3. The molecule has 2 amide bonds. The highest BCUT2D eigenvalue weighted by Crippen LogP contribution is 2.34. The van der Waals surface area contributed by atoms with Gasteiger partial charge in [0.2, 0.25) is 5.82 Å². The highest BCUT2D eigenvalue weighted by atomic mass is 16.5. The van der Waals surface area contributed by atoms with Crippen molar-refractivity contribution >= 4 is 17.5 Å². The van der Waals surface area contributed by atoms with Gasteiger partial charge in [-0.25, -0.2) is 9.97 Å². The number of rotatable bonds is 12. The average Bonchev–Trinajstić information content (AvgIpc) is 3.43. The van der Waals surface area contributed by atoms with Crippen LogP contribution in [0.15, 0.2) is 30.6 Å². The van der Waals surface area contributed by atoms with Crippen molar-refractivity contribution in [2.75, 3.05) is 18.1 Å². The normalized spacial score (nSPS) is 13.1. The van der Waals surface area contributed by atoms with Gasteiger partial charge < -0.3 is 15.0 Å². The van der Waals surface area contributed by atoms with Crippen LogP contribution >= 0.6 is 0 Å². The molecule has 0 fully saturated rings. The first kappa shape index (κ1) is 27.2. The zero-order valence-corrected chi connectivity index (χ0v) is 22.6. The number of hydrogen-bond acceptors (Lipinski definition) is 8. The van der Waals surface area contributed by atoms with Crippen LogP contribution in [0.2, 0.25) is 0 Å². The van der Waals surface area contributed by atoms with Crippen molar-refractivity contribution in [3.8, 4) is 17.3 Å². The van der Waals surface area contributed by atoms with Crippen molar-refractivity contribution in [3.05, 3.63) is 41.9 Å². The monoisotopic (exact) mass is 520 g/mol. The predicted octanol–water partition coefficient (Wildman–Crippen LogP) is 3.66. The molecule has 0 aliphatic carbocycles. The van der Waals surface area contributed by atoms with Crippen LogP contribution in [0.3, 0.4) is 0 Å². The van der Waals surface area contributed by atoms with E-state index in [1.807, 2.05) is 23.1 Å². The van der Waals surface area contributed by atoms with Gasteiger partial charge in [0.05, 0.1) is 12.2 Å². The largest absolute Gasteiger partial charge is 0.482 e. The molecular weight excluding hydrogens is 484 g/mol. The van der Waals surface area contributed by atoms with Crippen molar-refractivity contribution in [3.63, 3.8) is 0 Å². The number of ether oxygens (including phenoxy) is 1. The van der Waals surface area contributed by atoms with Gasteiger partial charge in [0.25, 0.3) is 11.8 Å². The molecule has 1 aliphatic rings. The molecule has 11 nitrogen and oxygen atoms in total. The number of benzene rings is 1. The van der Waals surface area contributed by atoms with Gasteiger partial charge in [-0.3, -0.25) is 9.59 Å². The summed E-state index contributed by atoms with van der Waals surface area (Å²) >= 11 is 0. The van der Waals surface area contributed by atoms with Crippen LogP contribution in [0.5, 0.6) is 5.75 Å². The zero-order valence-electron chi connectivity index (χ0n) is 22.6. The first-order chi connectivity index (χ1) is 18.4. The summed E-state index contributed by atoms with van der Waals surface area (Å²) in [7, 11) is 0. The molecule has 11 heteroatoms. The molecule has 0 saturated carbocycles. The van der Waals surface area contributed by atoms with Crippen molar-refractivity contribution in [2.24, 2.45) is 11.8 Å². The van der Waals surface area contributed by atoms with E-state index < -0.39 is 0 Å². The molecule has 4 rings (SSSR count). The minimum Gasteiger partial charge on any atom is -0.482 e. The first-order valence-corrected chi connectivity index (χ1v) is 13.4. The smallest absolute Gasteiger partial charge is 0.270 e. The lowest BCUT2D eigenvalue weighted by Crippen LogP contribution is -2.41. The summed E-state index contributed by atoms with van der Waals surface area (Å²) in [5.74, 6) is 1.52. The Labute approximate surface area is 223 Å². The molecule has 202 valence electrons. The van der Waals surface area contributed by atoms with Crippen LogP contribution < -0.4 is 15.0 Å². The van der Waals surface area contributed by atoms with E-state index >= 15 is 0 Å². The van der Waals surface area contributed by atoms with E-state index in [0.717, 1.165) is 36.9 Å². The molecule has 1 N–H and O–H groups in total. The fraction of sp³-hybridized carbons (Fsp3) is 0.519. The zero-order chi connectivity index (χ0) is 27.1. The van der Waals surface area contributed by atoms with E-state index in [0.29, 0.717) is 42.2 Å². The molecule has 1 aromatic carbocycles. The summed E-state index contributed by atoms with van der Waals surface area (Å²) in [6.45, 7) is 10.2. The van der Waals surface area contributed by atoms with Crippen LogP contribution in [0.4, 0.5) is 5.69 Å². The Balaban J connectivity index is 1.44. The number of carbonyl (C=O) groups is 2. The second-order valence-corrected chi connectivity index (χ2v) is 9.60. The van der Waals surface area contributed by atoms with E-state index in [2.05, 4.69) is 58.4 Å². The lowest BCUT2D eigenvalue weighted by atomic mass is 10.0. The number of tetrazole rings is 1. The molecule has 0 radical (unpaired) electrons. The third kappa shape index (κ3) is 6.32. The summed E-state index contributed by atoms with van der Waals surface area (Å²) in [4.78, 5) is 37.3. The van der Waals surface area contributed by atoms with Crippen LogP contribution in [0.1, 0.15) is 69.4 Å². The summed E-state index contributed by atoms with van der Waals surface area (Å²) in [6, 6.07) is 7.20. The van der Waals surface area contributed by atoms with Gasteiger partial charge in [-0.05, 0) is 40.8 Å². The Morgan fingerprint density at radius 2 is 1.76 bits per heavy atom. The molecule has 3 heterocycles. The molecule has 0 saturated heterocycles. The lowest BCUT2D eigenvalue weighted by Gasteiger charge is -2.32. The Kier molecular flexibility index (Phi) is 8.98. The van der Waals surface area contributed by atoms with Crippen molar-refractivity contribution in [1.82, 2.24) is 35.5 Å². The highest BCUT2D eigenvalue weighted by Gasteiger charge is 2.27. The number of nitrogens with one attached hydrogen (secondary N) is 1. The number of aromatic nitrogens is 6. The maximum Gasteiger partial charge on any atom is 0.270 e. The molecule has 3 aromatic rings. The maximum absolute atomic E-state index is 12.9. The lowest BCUT2D eigenvalue weighted by molar-refractivity contribution is -0.121. The van der Waals surface area contributed by atoms with E-state index in [9.17, 15) is 9.59 Å². The number of carbonyl (C=O) groups excluding carboxylic acids is 2. The summed E-state index contributed by atoms with van der Waals surface area (Å²) < 4.78 is 5.64. The van der Waals surface area contributed by atoms with Gasteiger partial charge in [0.15, 0.2) is 6.61 Å². The Morgan fingerprint density at radius 3 is 2.50 bits per heavy atom. The molecule has 1 aliphatic heterocycles. The Bertz CT molecular complexity index is 1250. The minimum absolute atomic E-state index is 0.0414. The van der Waals surface area contributed by atoms with Crippen molar-refractivity contribution in [2.45, 2.75) is 66.5 Å². The Morgan fingerprint density at radius 1 is 1.03 bits per heavy atom. The standard InChI is InChI=1S/C27H36N8O3/c1-5-18(6-2)14-34-23-11-20(9-10-24(23)38-16-25(34)36)13-28-27(37)22-12-21(29-17-30-22)26-31-33-35(32-26)15-19(7-3)8-4/h9-12,17-19H,5-8,13-16H2,1-4H3,(H,28,37). The van der Waals surface area contributed by atoms with E-state index in [4.69, 9.17) is 4.74 Å². The fourth-order valence-corrected chi connectivity index (χ4v) is 4.44. The van der Waals surface area contributed by atoms with Gasteiger partial charge in [-0.15, -0.1) is 10.2 Å². The first-order valence-electron chi connectivity index (χ1n) is 13.4. The van der Waals surface area contributed by atoms with E-state index in [-0.39, 0.29) is 30.7 Å². The second kappa shape index (κ2) is 12.6. The van der Waals surface area contributed by atoms with Crippen molar-refractivity contribution < 1.29 is 14.3 Å². The topological polar surface area (TPSA) is 128 Å². The van der Waals surface area contributed by atoms with Gasteiger partial charge in [-0.2, -0.15) is 4.80 Å². The molecule has 2 aromatic heterocycles. The van der Waals surface area contributed by atoms with Crippen molar-refractivity contribution in [1.29, 1.82) is 0 Å². The summed E-state index contributed by atoms with van der Waals surface area (Å²) in [5.41, 5.74) is 2.23. The summed E-state index contributed by atoms with van der Waals surface area (Å²) in [6.07, 6.45) is 5.39. The molecule has 0 atom stereocenters. The second-order valence-electron chi connectivity index (χ2n) is 9.60. The Hall–Kier alpha value is -3.89. The highest BCUT2D eigenvalue weighted by molar-refractivity contribution is 5.98. The minimum atomic E-state index is -0.350. The number of hydrogen-bond donors (Lipinski definition) is 1. The predicted molar refractivity (Wildman–Crippen MR) is 142 cm³/mol. The molecule has 0 spiro atoms. The van der Waals surface area contributed by atoms with E-state index in [1.165, 1.54) is 6.33 Å². The van der Waals surface area contributed by atoms with E-state index in [1.54, 1.807) is 10.9 Å². The van der Waals surface area contributed by atoms with Crippen LogP contribution in [-0.4, -0.2) is 55.1 Å². The SMILES string of the molecule is CCC(CC)CN1C(=O)COc2ccc(CNC(=O)c3cc(-c4nnn(CC(CC)CC)n4)ncn3)cc21. The average molecular weight is 521 g/mol. The molecule has 0 unspecified atom stereocenters. The number of anilines is 1. The quantitative estimate of drug-likeness (QED) is 0.383.